The zero-order chi connectivity index (χ0) is 20.6. The van der Waals surface area contributed by atoms with Crippen LogP contribution in [0.2, 0.25) is 0 Å². The molecule has 1 aliphatic heterocycles. The average Bonchev–Trinajstić information content (AvgIpc) is 3.20. The van der Waals surface area contributed by atoms with E-state index < -0.39 is 29.6 Å². The van der Waals surface area contributed by atoms with Gasteiger partial charge in [0.05, 0.1) is 13.2 Å². The summed E-state index contributed by atoms with van der Waals surface area (Å²) in [5.74, 6) is -1.09. The lowest BCUT2D eigenvalue weighted by atomic mass is 9.95. The van der Waals surface area contributed by atoms with Gasteiger partial charge in [-0.1, -0.05) is 30.3 Å². The fraction of sp³-hybridized carbons (Fsp3) is 0.500. The van der Waals surface area contributed by atoms with Gasteiger partial charge in [-0.2, -0.15) is 5.26 Å². The van der Waals surface area contributed by atoms with Crippen molar-refractivity contribution in [3.8, 4) is 6.07 Å². The number of nitrogens with one attached hydrogen (secondary N) is 1. The Labute approximate surface area is 164 Å². The van der Waals surface area contributed by atoms with Crippen LogP contribution in [0.4, 0.5) is 4.79 Å². The Hall–Kier alpha value is -3.08. The van der Waals surface area contributed by atoms with Crippen molar-refractivity contribution in [1.82, 2.24) is 10.2 Å². The van der Waals surface area contributed by atoms with E-state index in [0.29, 0.717) is 19.4 Å². The van der Waals surface area contributed by atoms with Gasteiger partial charge < -0.3 is 14.8 Å². The summed E-state index contributed by atoms with van der Waals surface area (Å²) in [5, 5.41) is 11.5. The van der Waals surface area contributed by atoms with Gasteiger partial charge in [-0.3, -0.25) is 9.69 Å². The highest BCUT2D eigenvalue weighted by Crippen LogP contribution is 2.22. The SMILES string of the molecule is COC(=O)C(C)(CCC#N)NC(=O)[C@@H]1CCCN1C(=O)OCc1ccccc1. The van der Waals surface area contributed by atoms with E-state index in [9.17, 15) is 14.4 Å². The molecule has 0 aromatic heterocycles. The number of benzene rings is 1. The van der Waals surface area contributed by atoms with Gasteiger partial charge in [-0.05, 0) is 31.7 Å². The third-order valence-electron chi connectivity index (χ3n) is 4.77. The molecule has 1 fully saturated rings. The van der Waals surface area contributed by atoms with Crippen LogP contribution in [0.15, 0.2) is 30.3 Å². The second-order valence-corrected chi connectivity index (χ2v) is 6.86. The second kappa shape index (κ2) is 9.74. The number of nitriles is 1. The Kier molecular flexibility index (Phi) is 7.38. The Morgan fingerprint density at radius 1 is 1.32 bits per heavy atom. The summed E-state index contributed by atoms with van der Waals surface area (Å²) in [4.78, 5) is 38.7. The first-order chi connectivity index (χ1) is 13.4. The van der Waals surface area contributed by atoms with Gasteiger partial charge in [0.15, 0.2) is 0 Å². The Balaban J connectivity index is 2.01. The maximum absolute atomic E-state index is 12.8. The first-order valence-corrected chi connectivity index (χ1v) is 9.16. The van der Waals surface area contributed by atoms with E-state index in [1.165, 1.54) is 18.9 Å². The number of hydrogen-bond donors (Lipinski definition) is 1. The van der Waals surface area contributed by atoms with Crippen LogP contribution in [0.25, 0.3) is 0 Å². The lowest BCUT2D eigenvalue weighted by Crippen LogP contribution is -2.57. The minimum Gasteiger partial charge on any atom is -0.467 e. The molecule has 2 atom stereocenters. The van der Waals surface area contributed by atoms with Crippen molar-refractivity contribution in [3.63, 3.8) is 0 Å². The van der Waals surface area contributed by atoms with Crippen LogP contribution in [0.1, 0.15) is 38.2 Å². The van der Waals surface area contributed by atoms with Crippen molar-refractivity contribution < 1.29 is 23.9 Å². The van der Waals surface area contributed by atoms with E-state index in [4.69, 9.17) is 14.7 Å². The second-order valence-electron chi connectivity index (χ2n) is 6.86. The number of rotatable bonds is 7. The summed E-state index contributed by atoms with van der Waals surface area (Å²) in [6.45, 7) is 2.03. The van der Waals surface area contributed by atoms with Crippen LogP contribution in [0.3, 0.4) is 0 Å². The minimum absolute atomic E-state index is 0.0827. The molecule has 28 heavy (non-hydrogen) atoms. The number of amides is 2. The maximum atomic E-state index is 12.8. The predicted molar refractivity (Wildman–Crippen MR) is 99.8 cm³/mol. The van der Waals surface area contributed by atoms with Crippen molar-refractivity contribution in [1.29, 1.82) is 5.26 Å². The van der Waals surface area contributed by atoms with E-state index in [-0.39, 0.29) is 19.4 Å². The van der Waals surface area contributed by atoms with Crippen molar-refractivity contribution in [2.75, 3.05) is 13.7 Å². The monoisotopic (exact) mass is 387 g/mol. The third kappa shape index (κ3) is 5.22. The van der Waals surface area contributed by atoms with Crippen LogP contribution < -0.4 is 5.32 Å². The number of methoxy groups -OCH3 is 1. The van der Waals surface area contributed by atoms with Crippen molar-refractivity contribution in [2.45, 2.75) is 50.8 Å². The number of carbonyl (C=O) groups is 3. The topological polar surface area (TPSA) is 109 Å². The summed E-state index contributed by atoms with van der Waals surface area (Å²) >= 11 is 0. The summed E-state index contributed by atoms with van der Waals surface area (Å²) in [6.07, 6.45) is 0.762. The molecular weight excluding hydrogens is 362 g/mol. The molecule has 0 spiro atoms. The van der Waals surface area contributed by atoms with Crippen LogP contribution >= 0.6 is 0 Å². The molecule has 1 N–H and O–H groups in total. The molecule has 1 saturated heterocycles. The van der Waals surface area contributed by atoms with Crippen molar-refractivity contribution >= 4 is 18.0 Å². The number of hydrogen-bond acceptors (Lipinski definition) is 6. The molecule has 0 bridgehead atoms. The van der Waals surface area contributed by atoms with Crippen LogP contribution in [-0.4, -0.2) is 48.1 Å². The average molecular weight is 387 g/mol. The number of ether oxygens (including phenoxy) is 2. The summed E-state index contributed by atoms with van der Waals surface area (Å²) in [7, 11) is 1.22. The highest BCUT2D eigenvalue weighted by Gasteiger charge is 2.41. The molecule has 1 aromatic carbocycles. The molecule has 1 aliphatic rings. The maximum Gasteiger partial charge on any atom is 0.410 e. The minimum atomic E-state index is -1.33. The van der Waals surface area contributed by atoms with E-state index in [1.54, 1.807) is 0 Å². The Morgan fingerprint density at radius 3 is 2.68 bits per heavy atom. The van der Waals surface area contributed by atoms with Gasteiger partial charge in [0, 0.05) is 13.0 Å². The lowest BCUT2D eigenvalue weighted by Gasteiger charge is -2.30. The van der Waals surface area contributed by atoms with E-state index >= 15 is 0 Å². The molecule has 1 aromatic rings. The Morgan fingerprint density at radius 2 is 2.04 bits per heavy atom. The molecule has 2 amide bonds. The normalized spacial score (nSPS) is 17.9. The van der Waals surface area contributed by atoms with Crippen molar-refractivity contribution in [2.24, 2.45) is 0 Å². The van der Waals surface area contributed by atoms with Gasteiger partial charge in [-0.25, -0.2) is 9.59 Å². The summed E-state index contributed by atoms with van der Waals surface area (Å²) < 4.78 is 10.1. The fourth-order valence-corrected chi connectivity index (χ4v) is 3.16. The van der Waals surface area contributed by atoms with Gasteiger partial charge >= 0.3 is 12.1 Å². The van der Waals surface area contributed by atoms with Gasteiger partial charge in [0.2, 0.25) is 5.91 Å². The molecule has 2 rings (SSSR count). The largest absolute Gasteiger partial charge is 0.467 e. The molecule has 150 valence electrons. The molecule has 1 heterocycles. The molecule has 0 aliphatic carbocycles. The lowest BCUT2D eigenvalue weighted by molar-refractivity contribution is -0.151. The van der Waals surface area contributed by atoms with Crippen LogP contribution in [0.5, 0.6) is 0 Å². The van der Waals surface area contributed by atoms with Gasteiger partial charge in [0.1, 0.15) is 18.2 Å². The van der Waals surface area contributed by atoms with Crippen LogP contribution in [-0.2, 0) is 25.7 Å². The first-order valence-electron chi connectivity index (χ1n) is 9.16. The molecular formula is C20H25N3O5. The quantitative estimate of drug-likeness (QED) is 0.718. The highest BCUT2D eigenvalue weighted by atomic mass is 16.6. The smallest absolute Gasteiger partial charge is 0.410 e. The number of nitrogens with zero attached hydrogens (tertiary/aromatic N) is 2. The molecule has 0 radical (unpaired) electrons. The van der Waals surface area contributed by atoms with E-state index in [0.717, 1.165) is 5.56 Å². The molecule has 8 nitrogen and oxygen atoms in total. The molecule has 8 heteroatoms. The number of likely N-dealkylation sites (tertiary alicyclic amines) is 1. The highest BCUT2D eigenvalue weighted by molar-refractivity contribution is 5.92. The standard InChI is InChI=1S/C20H25N3O5/c1-20(11-7-12-21,18(25)27-2)22-17(24)16-10-6-13-23(16)19(26)28-14-15-8-4-3-5-9-15/h3-5,8-9,16H,6-7,10-11,13-14H2,1-2H3,(H,22,24)/t16-,20?/m0/s1. The zero-order valence-electron chi connectivity index (χ0n) is 16.1. The fourth-order valence-electron chi connectivity index (χ4n) is 3.16. The van der Waals surface area contributed by atoms with Crippen LogP contribution in [0, 0.1) is 11.3 Å². The Bertz CT molecular complexity index is 746. The first kappa shape index (κ1) is 21.2. The summed E-state index contributed by atoms with van der Waals surface area (Å²) in [5.41, 5.74) is -0.477. The van der Waals surface area contributed by atoms with Gasteiger partial charge in [-0.15, -0.1) is 0 Å². The van der Waals surface area contributed by atoms with E-state index in [2.05, 4.69) is 5.32 Å². The molecule has 1 unspecified atom stereocenters. The van der Waals surface area contributed by atoms with Gasteiger partial charge in [0.25, 0.3) is 0 Å². The van der Waals surface area contributed by atoms with Crippen molar-refractivity contribution in [3.05, 3.63) is 35.9 Å². The zero-order valence-corrected chi connectivity index (χ0v) is 16.1. The molecule has 0 saturated carbocycles. The number of carbonyl (C=O) groups excluding carboxylic acids is 3. The third-order valence-corrected chi connectivity index (χ3v) is 4.77. The summed E-state index contributed by atoms with van der Waals surface area (Å²) in [6, 6.07) is 10.5. The van der Waals surface area contributed by atoms with E-state index in [1.807, 2.05) is 36.4 Å². The predicted octanol–water partition coefficient (Wildman–Crippen LogP) is 2.14. The number of esters is 1.